The summed E-state index contributed by atoms with van der Waals surface area (Å²) in [4.78, 5) is 4.58. The van der Waals surface area contributed by atoms with Crippen LogP contribution in [0, 0.1) is 0 Å². The fraction of sp³-hybridized carbons (Fsp3) is 0.571. The lowest BCUT2D eigenvalue weighted by Gasteiger charge is -2.30. The van der Waals surface area contributed by atoms with Crippen molar-refractivity contribution in [3.8, 4) is 0 Å². The molecule has 2 atom stereocenters. The van der Waals surface area contributed by atoms with Gasteiger partial charge in [-0.15, -0.1) is 0 Å². The fourth-order valence-electron chi connectivity index (χ4n) is 2.47. The molecule has 100 valence electrons. The first-order valence-electron chi connectivity index (χ1n) is 6.45. The van der Waals surface area contributed by atoms with Crippen LogP contribution in [0.5, 0.6) is 0 Å². The highest BCUT2D eigenvalue weighted by Gasteiger charge is 2.26. The van der Waals surface area contributed by atoms with E-state index in [1.165, 1.54) is 0 Å². The van der Waals surface area contributed by atoms with Crippen LogP contribution in [0.15, 0.2) is 24.3 Å². The summed E-state index contributed by atoms with van der Waals surface area (Å²) in [6.07, 6.45) is 1.10. The van der Waals surface area contributed by atoms with Gasteiger partial charge in [0.05, 0.1) is 12.6 Å². The maximum absolute atomic E-state index is 9.53. The Balaban J connectivity index is 2.19. The summed E-state index contributed by atoms with van der Waals surface area (Å²) < 4.78 is 0. The van der Waals surface area contributed by atoms with Crippen LogP contribution in [0.4, 0.5) is 5.69 Å². The van der Waals surface area contributed by atoms with E-state index >= 15 is 0 Å². The van der Waals surface area contributed by atoms with E-state index in [9.17, 15) is 5.11 Å². The van der Waals surface area contributed by atoms with E-state index in [-0.39, 0.29) is 12.6 Å². The highest BCUT2D eigenvalue weighted by molar-refractivity contribution is 6.30. The lowest BCUT2D eigenvalue weighted by molar-refractivity contribution is 0.127. The van der Waals surface area contributed by atoms with Gasteiger partial charge in [-0.1, -0.05) is 17.7 Å². The van der Waals surface area contributed by atoms with Crippen LogP contribution in [0.25, 0.3) is 0 Å². The van der Waals surface area contributed by atoms with Gasteiger partial charge >= 0.3 is 0 Å². The standard InChI is InChI=1S/C14H21ClN2O/c1-11-6-7-17(9-14(10-18)16(11)2)13-5-3-4-12(15)8-13/h3-5,8,11,14,18H,6-7,9-10H2,1-2H3. The molecular weight excluding hydrogens is 248 g/mol. The number of hydrogen-bond donors (Lipinski definition) is 1. The van der Waals surface area contributed by atoms with Crippen LogP contribution in [0.3, 0.4) is 0 Å². The summed E-state index contributed by atoms with van der Waals surface area (Å²) >= 11 is 6.05. The second-order valence-corrected chi connectivity index (χ2v) is 5.50. The molecule has 1 fully saturated rings. The fourth-order valence-corrected chi connectivity index (χ4v) is 2.66. The number of likely N-dealkylation sites (N-methyl/N-ethyl adjacent to an activating group) is 1. The lowest BCUT2D eigenvalue weighted by atomic mass is 10.2. The summed E-state index contributed by atoms with van der Waals surface area (Å²) in [7, 11) is 2.09. The topological polar surface area (TPSA) is 26.7 Å². The molecule has 1 heterocycles. The Morgan fingerprint density at radius 1 is 1.44 bits per heavy atom. The van der Waals surface area contributed by atoms with Crippen molar-refractivity contribution in [2.75, 3.05) is 31.6 Å². The van der Waals surface area contributed by atoms with E-state index < -0.39 is 0 Å². The maximum Gasteiger partial charge on any atom is 0.0604 e. The molecule has 0 radical (unpaired) electrons. The van der Waals surface area contributed by atoms with E-state index in [0.29, 0.717) is 6.04 Å². The van der Waals surface area contributed by atoms with Gasteiger partial charge in [0.2, 0.25) is 0 Å². The zero-order valence-electron chi connectivity index (χ0n) is 11.0. The van der Waals surface area contributed by atoms with Crippen molar-refractivity contribution in [3.05, 3.63) is 29.3 Å². The number of aliphatic hydroxyl groups is 1. The van der Waals surface area contributed by atoms with Crippen LogP contribution in [-0.2, 0) is 0 Å². The van der Waals surface area contributed by atoms with Gasteiger partial charge in [0.15, 0.2) is 0 Å². The molecule has 0 spiro atoms. The molecule has 18 heavy (non-hydrogen) atoms. The van der Waals surface area contributed by atoms with Crippen molar-refractivity contribution in [2.45, 2.75) is 25.4 Å². The van der Waals surface area contributed by atoms with E-state index in [1.54, 1.807) is 0 Å². The van der Waals surface area contributed by atoms with Crippen molar-refractivity contribution >= 4 is 17.3 Å². The molecule has 0 bridgehead atoms. The number of aliphatic hydroxyl groups excluding tert-OH is 1. The van der Waals surface area contributed by atoms with E-state index in [1.807, 2.05) is 18.2 Å². The van der Waals surface area contributed by atoms with Gasteiger partial charge < -0.3 is 10.0 Å². The molecule has 1 aliphatic heterocycles. The van der Waals surface area contributed by atoms with Crippen molar-refractivity contribution < 1.29 is 5.11 Å². The van der Waals surface area contributed by atoms with Crippen molar-refractivity contribution in [1.29, 1.82) is 0 Å². The Labute approximate surface area is 114 Å². The Hall–Kier alpha value is -0.770. The quantitative estimate of drug-likeness (QED) is 0.891. The summed E-state index contributed by atoms with van der Waals surface area (Å²) in [6.45, 7) is 4.25. The molecule has 1 saturated heterocycles. The summed E-state index contributed by atoms with van der Waals surface area (Å²) in [5.74, 6) is 0. The molecule has 0 amide bonds. The van der Waals surface area contributed by atoms with Gasteiger partial charge in [0.25, 0.3) is 0 Å². The predicted molar refractivity (Wildman–Crippen MR) is 76.4 cm³/mol. The number of anilines is 1. The van der Waals surface area contributed by atoms with E-state index in [2.05, 4.69) is 29.8 Å². The molecule has 1 aromatic carbocycles. The first-order chi connectivity index (χ1) is 8.61. The zero-order valence-corrected chi connectivity index (χ0v) is 11.8. The largest absolute Gasteiger partial charge is 0.395 e. The van der Waals surface area contributed by atoms with Gasteiger partial charge in [0, 0.05) is 29.8 Å². The molecule has 0 aliphatic carbocycles. The molecule has 2 rings (SSSR count). The van der Waals surface area contributed by atoms with E-state index in [0.717, 1.165) is 30.2 Å². The van der Waals surface area contributed by atoms with Gasteiger partial charge in [0.1, 0.15) is 0 Å². The first-order valence-corrected chi connectivity index (χ1v) is 6.83. The summed E-state index contributed by atoms with van der Waals surface area (Å²) in [5.41, 5.74) is 1.14. The molecule has 3 nitrogen and oxygen atoms in total. The van der Waals surface area contributed by atoms with Gasteiger partial charge in [-0.05, 0) is 38.6 Å². The van der Waals surface area contributed by atoms with Crippen molar-refractivity contribution in [2.24, 2.45) is 0 Å². The monoisotopic (exact) mass is 268 g/mol. The second kappa shape index (κ2) is 5.91. The molecule has 0 saturated carbocycles. The molecule has 0 aromatic heterocycles. The van der Waals surface area contributed by atoms with Gasteiger partial charge in [-0.25, -0.2) is 0 Å². The average Bonchev–Trinajstić information content (AvgIpc) is 2.51. The smallest absolute Gasteiger partial charge is 0.0604 e. The summed E-state index contributed by atoms with van der Waals surface area (Å²) in [6, 6.07) is 8.61. The van der Waals surface area contributed by atoms with Crippen LogP contribution in [0.1, 0.15) is 13.3 Å². The predicted octanol–water partition coefficient (Wildman–Crippen LogP) is 2.23. The third kappa shape index (κ3) is 2.97. The Bertz CT molecular complexity index is 399. The molecule has 4 heteroatoms. The number of rotatable bonds is 2. The van der Waals surface area contributed by atoms with E-state index in [4.69, 9.17) is 11.6 Å². The Morgan fingerprint density at radius 3 is 2.89 bits per heavy atom. The van der Waals surface area contributed by atoms with Crippen LogP contribution in [-0.4, -0.2) is 48.8 Å². The van der Waals surface area contributed by atoms with Crippen LogP contribution in [0.2, 0.25) is 5.02 Å². The third-order valence-electron chi connectivity index (χ3n) is 3.90. The summed E-state index contributed by atoms with van der Waals surface area (Å²) in [5, 5.41) is 10.3. The highest BCUT2D eigenvalue weighted by Crippen LogP contribution is 2.23. The minimum Gasteiger partial charge on any atom is -0.395 e. The molecule has 1 aromatic rings. The van der Waals surface area contributed by atoms with Crippen molar-refractivity contribution in [1.82, 2.24) is 4.90 Å². The molecule has 1 N–H and O–H groups in total. The minimum absolute atomic E-state index is 0.182. The first kappa shape index (κ1) is 13.7. The normalized spacial score (nSPS) is 26.1. The third-order valence-corrected chi connectivity index (χ3v) is 4.14. The SMILES string of the molecule is CC1CCN(c2cccc(Cl)c2)CC(CO)N1C. The highest BCUT2D eigenvalue weighted by atomic mass is 35.5. The average molecular weight is 269 g/mol. The Morgan fingerprint density at radius 2 is 2.22 bits per heavy atom. The molecule has 1 aliphatic rings. The van der Waals surface area contributed by atoms with Crippen molar-refractivity contribution in [3.63, 3.8) is 0 Å². The second-order valence-electron chi connectivity index (χ2n) is 5.07. The number of nitrogens with zero attached hydrogens (tertiary/aromatic N) is 2. The van der Waals surface area contributed by atoms with Gasteiger partial charge in [-0.2, -0.15) is 0 Å². The lowest BCUT2D eigenvalue weighted by Crippen LogP contribution is -2.44. The van der Waals surface area contributed by atoms with Crippen LogP contribution >= 0.6 is 11.6 Å². The Kier molecular flexibility index (Phi) is 4.49. The number of hydrogen-bond acceptors (Lipinski definition) is 3. The number of halogens is 1. The minimum atomic E-state index is 0.182. The van der Waals surface area contributed by atoms with Gasteiger partial charge in [-0.3, -0.25) is 4.90 Å². The number of benzene rings is 1. The van der Waals surface area contributed by atoms with Crippen LogP contribution < -0.4 is 4.90 Å². The zero-order chi connectivity index (χ0) is 13.1. The maximum atomic E-state index is 9.53. The molecular formula is C14H21ClN2O. The molecule has 2 unspecified atom stereocenters.